The predicted octanol–water partition coefficient (Wildman–Crippen LogP) is 1.06. The molecule has 0 heterocycles. The van der Waals surface area contributed by atoms with E-state index in [2.05, 4.69) is 6.58 Å². The first kappa shape index (κ1) is 11.2. The lowest BCUT2D eigenvalue weighted by molar-refractivity contribution is -0.127. The number of likely N-dealkylation sites (N-methyl/N-ethyl adjacent to an activating group) is 1. The Labute approximate surface area is 74.0 Å². The van der Waals surface area contributed by atoms with Crippen molar-refractivity contribution in [3.63, 3.8) is 0 Å². The van der Waals surface area contributed by atoms with E-state index in [1.807, 2.05) is 6.92 Å². The number of ether oxygens (including phenoxy) is 1. The van der Waals surface area contributed by atoms with Gasteiger partial charge in [0.1, 0.15) is 0 Å². The van der Waals surface area contributed by atoms with Crippen molar-refractivity contribution in [3.8, 4) is 0 Å². The molecule has 0 saturated heterocycles. The van der Waals surface area contributed by atoms with Crippen LogP contribution in [0.2, 0.25) is 0 Å². The van der Waals surface area contributed by atoms with Crippen LogP contribution in [-0.4, -0.2) is 37.6 Å². The van der Waals surface area contributed by atoms with Gasteiger partial charge in [0.15, 0.2) is 0 Å². The number of carbonyl (C=O) groups is 1. The Morgan fingerprint density at radius 2 is 2.17 bits per heavy atom. The van der Waals surface area contributed by atoms with Crippen LogP contribution in [0, 0.1) is 0 Å². The molecule has 0 rings (SSSR count). The summed E-state index contributed by atoms with van der Waals surface area (Å²) in [5.74, 6) is 0.00884. The molecular weight excluding hydrogens is 154 g/mol. The van der Waals surface area contributed by atoms with Crippen LogP contribution in [0.1, 0.15) is 13.8 Å². The Hall–Kier alpha value is -0.830. The Morgan fingerprint density at radius 1 is 1.58 bits per heavy atom. The number of methoxy groups -OCH3 is 1. The van der Waals surface area contributed by atoms with Gasteiger partial charge < -0.3 is 9.64 Å². The maximum atomic E-state index is 11.4. The highest BCUT2D eigenvalue weighted by atomic mass is 16.5. The van der Waals surface area contributed by atoms with E-state index in [9.17, 15) is 4.79 Å². The minimum Gasteiger partial charge on any atom is -0.383 e. The van der Waals surface area contributed by atoms with Gasteiger partial charge in [-0.05, 0) is 13.8 Å². The summed E-state index contributed by atoms with van der Waals surface area (Å²) < 4.78 is 4.88. The van der Waals surface area contributed by atoms with Gasteiger partial charge in [-0.3, -0.25) is 4.79 Å². The van der Waals surface area contributed by atoms with Crippen LogP contribution in [0.5, 0.6) is 0 Å². The molecule has 0 spiro atoms. The SMILES string of the molecule is C=C(C)C(=O)N(CC)CCOC. The maximum Gasteiger partial charge on any atom is 0.248 e. The van der Waals surface area contributed by atoms with Gasteiger partial charge in [0.05, 0.1) is 6.61 Å². The molecule has 1 amide bonds. The molecule has 0 fully saturated rings. The minimum atomic E-state index is 0.00884. The fourth-order valence-corrected chi connectivity index (χ4v) is 0.875. The van der Waals surface area contributed by atoms with Crippen LogP contribution >= 0.6 is 0 Å². The molecule has 0 aromatic heterocycles. The van der Waals surface area contributed by atoms with Crippen LogP contribution in [0.4, 0.5) is 0 Å². The Kier molecular flexibility index (Phi) is 5.37. The van der Waals surface area contributed by atoms with Gasteiger partial charge >= 0.3 is 0 Å². The number of amides is 1. The summed E-state index contributed by atoms with van der Waals surface area (Å²) in [6, 6.07) is 0. The summed E-state index contributed by atoms with van der Waals surface area (Å²) in [6.07, 6.45) is 0. The third-order valence-corrected chi connectivity index (χ3v) is 1.60. The molecule has 0 aromatic carbocycles. The van der Waals surface area contributed by atoms with E-state index >= 15 is 0 Å². The quantitative estimate of drug-likeness (QED) is 0.579. The van der Waals surface area contributed by atoms with E-state index < -0.39 is 0 Å². The van der Waals surface area contributed by atoms with Gasteiger partial charge in [-0.15, -0.1) is 0 Å². The standard InChI is InChI=1S/C9H17NO2/c1-5-10(6-7-12-4)9(11)8(2)3/h2,5-7H2,1,3-4H3. The van der Waals surface area contributed by atoms with E-state index in [1.54, 1.807) is 18.9 Å². The lowest BCUT2D eigenvalue weighted by Crippen LogP contribution is -2.33. The van der Waals surface area contributed by atoms with E-state index in [0.29, 0.717) is 25.3 Å². The fraction of sp³-hybridized carbons (Fsp3) is 0.667. The average molecular weight is 171 g/mol. The first-order chi connectivity index (χ1) is 5.63. The van der Waals surface area contributed by atoms with Gasteiger partial charge in [-0.25, -0.2) is 0 Å². The lowest BCUT2D eigenvalue weighted by atomic mass is 10.3. The van der Waals surface area contributed by atoms with E-state index in [1.165, 1.54) is 0 Å². The van der Waals surface area contributed by atoms with Crippen LogP contribution < -0.4 is 0 Å². The summed E-state index contributed by atoms with van der Waals surface area (Å²) in [4.78, 5) is 13.1. The zero-order valence-electron chi connectivity index (χ0n) is 8.09. The Balaban J connectivity index is 3.96. The predicted molar refractivity (Wildman–Crippen MR) is 48.9 cm³/mol. The number of hydrogen-bond acceptors (Lipinski definition) is 2. The summed E-state index contributed by atoms with van der Waals surface area (Å²) >= 11 is 0. The van der Waals surface area contributed by atoms with Crippen molar-refractivity contribution >= 4 is 5.91 Å². The van der Waals surface area contributed by atoms with Crippen molar-refractivity contribution in [1.82, 2.24) is 4.90 Å². The molecule has 0 aliphatic heterocycles. The van der Waals surface area contributed by atoms with Gasteiger partial charge in [-0.2, -0.15) is 0 Å². The zero-order valence-corrected chi connectivity index (χ0v) is 8.09. The summed E-state index contributed by atoms with van der Waals surface area (Å²) in [6.45, 7) is 9.18. The highest BCUT2D eigenvalue weighted by Gasteiger charge is 2.10. The van der Waals surface area contributed by atoms with E-state index in [4.69, 9.17) is 4.74 Å². The van der Waals surface area contributed by atoms with Crippen LogP contribution in [0.3, 0.4) is 0 Å². The van der Waals surface area contributed by atoms with Crippen LogP contribution in [0.25, 0.3) is 0 Å². The number of nitrogens with zero attached hydrogens (tertiary/aromatic N) is 1. The van der Waals surface area contributed by atoms with Crippen molar-refractivity contribution < 1.29 is 9.53 Å². The second kappa shape index (κ2) is 5.77. The third kappa shape index (κ3) is 3.53. The second-order valence-electron chi connectivity index (χ2n) is 2.66. The Morgan fingerprint density at radius 3 is 2.50 bits per heavy atom. The molecule has 0 aliphatic rings. The maximum absolute atomic E-state index is 11.4. The van der Waals surface area contributed by atoms with Crippen molar-refractivity contribution in [1.29, 1.82) is 0 Å². The molecule has 3 heteroatoms. The Bertz CT molecular complexity index is 166. The third-order valence-electron chi connectivity index (χ3n) is 1.60. The molecule has 70 valence electrons. The zero-order chi connectivity index (χ0) is 9.56. The van der Waals surface area contributed by atoms with Gasteiger partial charge in [-0.1, -0.05) is 6.58 Å². The summed E-state index contributed by atoms with van der Waals surface area (Å²) in [5, 5.41) is 0. The fourth-order valence-electron chi connectivity index (χ4n) is 0.875. The molecular formula is C9H17NO2. The largest absolute Gasteiger partial charge is 0.383 e. The molecule has 3 nitrogen and oxygen atoms in total. The van der Waals surface area contributed by atoms with Gasteiger partial charge in [0.25, 0.3) is 0 Å². The minimum absolute atomic E-state index is 0.00884. The number of carbonyl (C=O) groups excluding carboxylic acids is 1. The smallest absolute Gasteiger partial charge is 0.248 e. The number of hydrogen-bond donors (Lipinski definition) is 0. The molecule has 0 radical (unpaired) electrons. The van der Waals surface area contributed by atoms with Crippen LogP contribution in [0.15, 0.2) is 12.2 Å². The first-order valence-electron chi connectivity index (χ1n) is 4.07. The molecule has 0 saturated carbocycles. The monoisotopic (exact) mass is 171 g/mol. The molecule has 0 bridgehead atoms. The topological polar surface area (TPSA) is 29.5 Å². The molecule has 0 aliphatic carbocycles. The van der Waals surface area contributed by atoms with Crippen molar-refractivity contribution in [2.75, 3.05) is 26.8 Å². The summed E-state index contributed by atoms with van der Waals surface area (Å²) in [7, 11) is 1.62. The van der Waals surface area contributed by atoms with Crippen molar-refractivity contribution in [2.24, 2.45) is 0 Å². The normalized spacial score (nSPS) is 9.58. The summed E-state index contributed by atoms with van der Waals surface area (Å²) in [5.41, 5.74) is 0.577. The molecule has 0 atom stereocenters. The first-order valence-corrected chi connectivity index (χ1v) is 4.07. The lowest BCUT2D eigenvalue weighted by Gasteiger charge is -2.20. The molecule has 0 N–H and O–H groups in total. The average Bonchev–Trinajstić information content (AvgIpc) is 2.05. The van der Waals surface area contributed by atoms with Crippen molar-refractivity contribution in [3.05, 3.63) is 12.2 Å². The van der Waals surface area contributed by atoms with Crippen LogP contribution in [-0.2, 0) is 9.53 Å². The van der Waals surface area contributed by atoms with Gasteiger partial charge in [0, 0.05) is 25.8 Å². The van der Waals surface area contributed by atoms with E-state index in [-0.39, 0.29) is 5.91 Å². The molecule has 0 aromatic rings. The van der Waals surface area contributed by atoms with Gasteiger partial charge in [0.2, 0.25) is 5.91 Å². The van der Waals surface area contributed by atoms with Crippen molar-refractivity contribution in [2.45, 2.75) is 13.8 Å². The molecule has 12 heavy (non-hydrogen) atoms. The van der Waals surface area contributed by atoms with E-state index in [0.717, 1.165) is 0 Å². The second-order valence-corrected chi connectivity index (χ2v) is 2.66. The highest BCUT2D eigenvalue weighted by Crippen LogP contribution is 1.97. The number of rotatable bonds is 5. The highest BCUT2D eigenvalue weighted by molar-refractivity contribution is 5.92. The molecule has 0 unspecified atom stereocenters.